The van der Waals surface area contributed by atoms with Gasteiger partial charge in [-0.1, -0.05) is 0 Å². The lowest BCUT2D eigenvalue weighted by Gasteiger charge is -2.18. The van der Waals surface area contributed by atoms with E-state index in [1.165, 1.54) is 6.20 Å². The lowest BCUT2D eigenvalue weighted by molar-refractivity contribution is -0.138. The molecule has 0 aromatic carbocycles. The van der Waals surface area contributed by atoms with E-state index >= 15 is 0 Å². The number of hydrogen-bond donors (Lipinski definition) is 2. The molecule has 1 aliphatic rings. The number of nitrogens with one attached hydrogen (secondary N) is 2. The summed E-state index contributed by atoms with van der Waals surface area (Å²) in [6.07, 6.45) is -2.71. The summed E-state index contributed by atoms with van der Waals surface area (Å²) in [4.78, 5) is 27.3. The first-order valence-corrected chi connectivity index (χ1v) is 9.91. The van der Waals surface area contributed by atoms with Gasteiger partial charge < -0.3 is 15.5 Å². The lowest BCUT2D eigenvalue weighted by Crippen LogP contribution is -2.34. The first-order valence-electron chi connectivity index (χ1n) is 9.91. The number of hydrogen-bond acceptors (Lipinski definition) is 8. The van der Waals surface area contributed by atoms with Gasteiger partial charge in [-0.05, 0) is 19.1 Å². The second-order valence-corrected chi connectivity index (χ2v) is 7.54. The lowest BCUT2D eigenvalue weighted by atomic mass is 10.1. The molecule has 0 amide bonds. The Balaban J connectivity index is 0.00000342. The number of aromatic nitrogens is 6. The zero-order chi connectivity index (χ0) is 24.5. The Morgan fingerprint density at radius 2 is 1.80 bits per heavy atom. The van der Waals surface area contributed by atoms with E-state index in [2.05, 4.69) is 45.4 Å². The maximum absolute atomic E-state index is 13.1. The van der Waals surface area contributed by atoms with Crippen molar-refractivity contribution in [3.8, 4) is 11.5 Å². The SMILES string of the molecule is S.[C-]#[N+]C1(c2cc(Nc3nc(N[C@H](C)C(F)(F)F)nc(-c4cncc(C(F)F)n4)n3)ccn2)CC1. The quantitative estimate of drug-likeness (QED) is 0.345. The third kappa shape index (κ3) is 5.88. The molecular formula is C20H18F5N9S. The summed E-state index contributed by atoms with van der Waals surface area (Å²) in [5.41, 5.74) is -0.521. The molecule has 2 N–H and O–H groups in total. The number of anilines is 3. The molecule has 15 heteroatoms. The van der Waals surface area contributed by atoms with Gasteiger partial charge in [-0.25, -0.2) is 20.3 Å². The molecule has 0 saturated heterocycles. The van der Waals surface area contributed by atoms with E-state index in [9.17, 15) is 22.0 Å². The van der Waals surface area contributed by atoms with E-state index in [0.29, 0.717) is 24.2 Å². The second kappa shape index (κ2) is 9.90. The van der Waals surface area contributed by atoms with Gasteiger partial charge in [0.2, 0.25) is 11.9 Å². The number of nitrogens with zero attached hydrogens (tertiary/aromatic N) is 7. The van der Waals surface area contributed by atoms with E-state index < -0.39 is 35.8 Å². The number of halogens is 5. The Kier molecular flexibility index (Phi) is 7.34. The largest absolute Gasteiger partial charge is 0.408 e. The summed E-state index contributed by atoms with van der Waals surface area (Å²) in [6, 6.07) is 1.18. The predicted molar refractivity (Wildman–Crippen MR) is 120 cm³/mol. The van der Waals surface area contributed by atoms with Crippen LogP contribution in [-0.2, 0) is 5.54 Å². The van der Waals surface area contributed by atoms with Gasteiger partial charge in [0.05, 0.1) is 12.4 Å². The fourth-order valence-corrected chi connectivity index (χ4v) is 2.92. The average molecular weight is 511 g/mol. The Labute approximate surface area is 202 Å². The van der Waals surface area contributed by atoms with Crippen LogP contribution >= 0.6 is 13.5 Å². The van der Waals surface area contributed by atoms with Crippen molar-refractivity contribution >= 4 is 31.1 Å². The van der Waals surface area contributed by atoms with E-state index in [4.69, 9.17) is 6.57 Å². The molecule has 9 nitrogen and oxygen atoms in total. The molecule has 4 rings (SSSR count). The summed E-state index contributed by atoms with van der Waals surface area (Å²) in [7, 11) is 0. The van der Waals surface area contributed by atoms with Crippen molar-refractivity contribution in [3.63, 3.8) is 0 Å². The molecule has 3 aromatic heterocycles. The Hall–Kier alpha value is -3.67. The smallest absolute Gasteiger partial charge is 0.343 e. The molecule has 1 fully saturated rings. The van der Waals surface area contributed by atoms with E-state index in [0.717, 1.165) is 19.3 Å². The topological polar surface area (TPSA) is 106 Å². The molecule has 1 saturated carbocycles. The van der Waals surface area contributed by atoms with Gasteiger partial charge in [0.1, 0.15) is 23.1 Å². The fraction of sp³-hybridized carbons (Fsp3) is 0.350. The molecule has 1 aliphatic carbocycles. The Morgan fingerprint density at radius 1 is 1.09 bits per heavy atom. The van der Waals surface area contributed by atoms with Crippen molar-refractivity contribution in [2.24, 2.45) is 0 Å². The van der Waals surface area contributed by atoms with Crippen LogP contribution in [0.1, 0.15) is 37.6 Å². The monoisotopic (exact) mass is 511 g/mol. The molecular weight excluding hydrogens is 493 g/mol. The number of rotatable bonds is 7. The molecule has 184 valence electrons. The zero-order valence-corrected chi connectivity index (χ0v) is 19.0. The van der Waals surface area contributed by atoms with Crippen LogP contribution in [0.4, 0.5) is 39.5 Å². The highest BCUT2D eigenvalue weighted by Crippen LogP contribution is 2.49. The van der Waals surface area contributed by atoms with Gasteiger partial charge in [0.25, 0.3) is 12.0 Å². The van der Waals surface area contributed by atoms with Crippen LogP contribution in [0.3, 0.4) is 0 Å². The predicted octanol–water partition coefficient (Wildman–Crippen LogP) is 4.79. The third-order valence-corrected chi connectivity index (χ3v) is 5.01. The summed E-state index contributed by atoms with van der Waals surface area (Å²) in [6.45, 7) is 8.25. The molecule has 0 unspecified atom stereocenters. The van der Waals surface area contributed by atoms with E-state index in [1.54, 1.807) is 12.1 Å². The Morgan fingerprint density at radius 3 is 2.43 bits per heavy atom. The molecule has 0 radical (unpaired) electrons. The van der Waals surface area contributed by atoms with Crippen LogP contribution in [0.15, 0.2) is 30.7 Å². The summed E-state index contributed by atoms with van der Waals surface area (Å²) in [5, 5.41) is 4.98. The van der Waals surface area contributed by atoms with E-state index in [1.807, 2.05) is 0 Å². The van der Waals surface area contributed by atoms with Gasteiger partial charge in [0.15, 0.2) is 5.82 Å². The maximum Gasteiger partial charge on any atom is 0.408 e. The molecule has 3 heterocycles. The van der Waals surface area contributed by atoms with Gasteiger partial charge >= 0.3 is 6.18 Å². The first-order chi connectivity index (χ1) is 16.1. The Bertz CT molecular complexity index is 1240. The maximum atomic E-state index is 13.1. The fourth-order valence-electron chi connectivity index (χ4n) is 2.92. The van der Waals surface area contributed by atoms with Crippen LogP contribution in [-0.4, -0.2) is 42.1 Å². The van der Waals surface area contributed by atoms with Gasteiger partial charge in [-0.3, -0.25) is 9.97 Å². The molecule has 0 bridgehead atoms. The zero-order valence-electron chi connectivity index (χ0n) is 18.0. The highest BCUT2D eigenvalue weighted by atomic mass is 32.1. The molecule has 0 aliphatic heterocycles. The summed E-state index contributed by atoms with van der Waals surface area (Å²) >= 11 is 0. The minimum Gasteiger partial charge on any atom is -0.343 e. The standard InChI is InChI=1S/C20H16F5N9.H2S/c1-10(20(23,24)25)29-17-32-16(13-9-27-8-12(31-13)15(21)22)33-18(34-17)30-11-3-6-28-14(7-11)19(26-2)4-5-19;/h3,6-10,15H,4-5H2,1H3,(H2,28,29,30,32,33,34);1H2/t10-;/m1./s1. The minimum absolute atomic E-state index is 0. The van der Waals surface area contributed by atoms with Crippen molar-refractivity contribution in [1.29, 1.82) is 0 Å². The molecule has 3 aromatic rings. The summed E-state index contributed by atoms with van der Waals surface area (Å²) < 4.78 is 65.3. The highest BCUT2D eigenvalue weighted by molar-refractivity contribution is 7.59. The van der Waals surface area contributed by atoms with Crippen LogP contribution < -0.4 is 10.6 Å². The molecule has 0 spiro atoms. The van der Waals surface area contributed by atoms with Gasteiger partial charge in [-0.2, -0.15) is 41.6 Å². The van der Waals surface area contributed by atoms with Crippen molar-refractivity contribution < 1.29 is 22.0 Å². The van der Waals surface area contributed by atoms with E-state index in [-0.39, 0.29) is 31.0 Å². The minimum atomic E-state index is -4.59. The second-order valence-electron chi connectivity index (χ2n) is 7.54. The van der Waals surface area contributed by atoms with Crippen molar-refractivity contribution in [1.82, 2.24) is 29.9 Å². The van der Waals surface area contributed by atoms with Crippen LogP contribution in [0.25, 0.3) is 16.4 Å². The van der Waals surface area contributed by atoms with Gasteiger partial charge in [0, 0.05) is 24.7 Å². The van der Waals surface area contributed by atoms with Crippen molar-refractivity contribution in [2.45, 2.75) is 43.9 Å². The molecule has 35 heavy (non-hydrogen) atoms. The van der Waals surface area contributed by atoms with Crippen LogP contribution in [0, 0.1) is 6.57 Å². The average Bonchev–Trinajstić information content (AvgIpc) is 3.60. The van der Waals surface area contributed by atoms with Crippen molar-refractivity contribution in [3.05, 3.63) is 53.5 Å². The van der Waals surface area contributed by atoms with Gasteiger partial charge in [-0.15, -0.1) is 0 Å². The van der Waals surface area contributed by atoms with Crippen LogP contribution in [0.5, 0.6) is 0 Å². The number of pyridine rings is 1. The highest BCUT2D eigenvalue weighted by Gasteiger charge is 2.54. The van der Waals surface area contributed by atoms with Crippen molar-refractivity contribution in [2.75, 3.05) is 10.6 Å². The molecule has 1 atom stereocenters. The van der Waals surface area contributed by atoms with Crippen LogP contribution in [0.2, 0.25) is 0 Å². The number of alkyl halides is 5. The summed E-state index contributed by atoms with van der Waals surface area (Å²) in [5.74, 6) is -0.884. The normalized spacial score (nSPS) is 15.0. The first kappa shape index (κ1) is 25.9. The third-order valence-electron chi connectivity index (χ3n) is 5.01.